The fourth-order valence-corrected chi connectivity index (χ4v) is 5.30. The van der Waals surface area contributed by atoms with Crippen molar-refractivity contribution in [2.24, 2.45) is 5.73 Å². The molecule has 1 amide bonds. The predicted molar refractivity (Wildman–Crippen MR) is 132 cm³/mol. The van der Waals surface area contributed by atoms with E-state index in [-0.39, 0.29) is 5.56 Å². The molecule has 0 saturated heterocycles. The number of aryl methyl sites for hydroxylation is 1. The van der Waals surface area contributed by atoms with E-state index < -0.39 is 5.91 Å². The quantitative estimate of drug-likeness (QED) is 0.443. The number of aromatic nitrogens is 2. The number of nitrogens with zero attached hydrogens (tertiary/aromatic N) is 3. The van der Waals surface area contributed by atoms with Crippen molar-refractivity contribution in [1.82, 2.24) is 14.5 Å². The summed E-state index contributed by atoms with van der Waals surface area (Å²) in [6.45, 7) is 9.16. The Hall–Kier alpha value is -3.03. The van der Waals surface area contributed by atoms with Crippen LogP contribution < -0.4 is 11.3 Å². The Labute approximate surface area is 191 Å². The summed E-state index contributed by atoms with van der Waals surface area (Å²) in [5.74, 6) is 0.193. The zero-order valence-electron chi connectivity index (χ0n) is 18.7. The number of hydrogen-bond donors (Lipinski definition) is 1. The van der Waals surface area contributed by atoms with Crippen molar-refractivity contribution < 1.29 is 4.79 Å². The Morgan fingerprint density at radius 1 is 1.12 bits per heavy atom. The van der Waals surface area contributed by atoms with Gasteiger partial charge in [0.15, 0.2) is 0 Å². The van der Waals surface area contributed by atoms with Crippen LogP contribution in [-0.2, 0) is 13.0 Å². The van der Waals surface area contributed by atoms with Gasteiger partial charge in [-0.25, -0.2) is 4.98 Å². The first kappa shape index (κ1) is 22.2. The van der Waals surface area contributed by atoms with Crippen LogP contribution in [0.1, 0.15) is 40.5 Å². The van der Waals surface area contributed by atoms with Crippen molar-refractivity contribution >= 4 is 38.2 Å². The maximum atomic E-state index is 13.6. The van der Waals surface area contributed by atoms with Crippen molar-refractivity contribution in [3.63, 3.8) is 0 Å². The lowest BCUT2D eigenvalue weighted by atomic mass is 10.0. The van der Waals surface area contributed by atoms with E-state index in [1.807, 2.05) is 18.2 Å². The Balaban J connectivity index is 1.88. The second kappa shape index (κ2) is 9.22. The van der Waals surface area contributed by atoms with E-state index in [4.69, 9.17) is 10.7 Å². The smallest absolute Gasteiger partial charge is 0.262 e. The maximum absolute atomic E-state index is 13.6. The third-order valence-electron chi connectivity index (χ3n) is 6.12. The first-order valence-electron chi connectivity index (χ1n) is 11.0. The molecule has 0 aliphatic rings. The zero-order chi connectivity index (χ0) is 22.8. The van der Waals surface area contributed by atoms with Gasteiger partial charge in [0.25, 0.3) is 11.5 Å². The summed E-state index contributed by atoms with van der Waals surface area (Å²) >= 11 is 1.21. The monoisotopic (exact) mass is 448 g/mol. The molecule has 0 saturated carbocycles. The van der Waals surface area contributed by atoms with Gasteiger partial charge in [-0.2, -0.15) is 0 Å². The van der Waals surface area contributed by atoms with Gasteiger partial charge >= 0.3 is 0 Å². The van der Waals surface area contributed by atoms with Gasteiger partial charge in [0.1, 0.15) is 10.7 Å². The van der Waals surface area contributed by atoms with Gasteiger partial charge in [-0.3, -0.25) is 14.2 Å². The molecular formula is C25H28N4O2S. The number of amides is 1. The van der Waals surface area contributed by atoms with Crippen LogP contribution in [0.3, 0.4) is 0 Å². The van der Waals surface area contributed by atoms with Crippen LogP contribution in [0, 0.1) is 6.92 Å². The minimum Gasteiger partial charge on any atom is -0.365 e. The number of primary amides is 1. The third kappa shape index (κ3) is 4.06. The molecule has 2 aromatic heterocycles. The average molecular weight is 449 g/mol. The molecule has 6 nitrogen and oxygen atoms in total. The fourth-order valence-electron chi connectivity index (χ4n) is 4.26. The lowest BCUT2D eigenvalue weighted by Gasteiger charge is -2.20. The summed E-state index contributed by atoms with van der Waals surface area (Å²) in [7, 11) is 0. The molecule has 4 rings (SSSR count). The maximum Gasteiger partial charge on any atom is 0.262 e. The predicted octanol–water partition coefficient (Wildman–Crippen LogP) is 3.95. The number of rotatable bonds is 8. The van der Waals surface area contributed by atoms with Crippen molar-refractivity contribution in [3.05, 3.63) is 74.6 Å². The molecule has 0 radical (unpaired) electrons. The van der Waals surface area contributed by atoms with Crippen molar-refractivity contribution in [3.8, 4) is 0 Å². The molecule has 0 unspecified atom stereocenters. The lowest BCUT2D eigenvalue weighted by Crippen LogP contribution is -2.33. The van der Waals surface area contributed by atoms with Gasteiger partial charge in [-0.15, -0.1) is 11.3 Å². The SMILES string of the molecule is CCN(CC)CCn1c(Cc2cccc3ccccc23)nc2sc(C(N)=O)c(C)c2c1=O. The van der Waals surface area contributed by atoms with Gasteiger partial charge in [-0.05, 0) is 41.9 Å². The highest BCUT2D eigenvalue weighted by atomic mass is 32.1. The summed E-state index contributed by atoms with van der Waals surface area (Å²) in [4.78, 5) is 33.7. The molecule has 0 aliphatic heterocycles. The van der Waals surface area contributed by atoms with Crippen LogP contribution in [0.5, 0.6) is 0 Å². The Bertz CT molecular complexity index is 1350. The summed E-state index contributed by atoms with van der Waals surface area (Å²) < 4.78 is 1.78. The van der Waals surface area contributed by atoms with E-state index >= 15 is 0 Å². The number of carbonyl (C=O) groups is 1. The van der Waals surface area contributed by atoms with Gasteiger partial charge in [0.2, 0.25) is 0 Å². The van der Waals surface area contributed by atoms with Crippen LogP contribution >= 0.6 is 11.3 Å². The topological polar surface area (TPSA) is 81.2 Å². The Morgan fingerprint density at radius 2 is 1.84 bits per heavy atom. The largest absolute Gasteiger partial charge is 0.365 e. The van der Waals surface area contributed by atoms with Gasteiger partial charge in [0.05, 0.1) is 10.3 Å². The second-order valence-electron chi connectivity index (χ2n) is 7.93. The zero-order valence-corrected chi connectivity index (χ0v) is 19.5. The van der Waals surface area contributed by atoms with Crippen LogP contribution in [-0.4, -0.2) is 40.0 Å². The summed E-state index contributed by atoms with van der Waals surface area (Å²) in [6, 6.07) is 14.4. The molecule has 0 spiro atoms. The highest BCUT2D eigenvalue weighted by Crippen LogP contribution is 2.28. The molecule has 2 aromatic carbocycles. The first-order chi connectivity index (χ1) is 15.4. The number of fused-ring (bicyclic) bond motifs is 2. The molecule has 0 atom stereocenters. The molecule has 0 aliphatic carbocycles. The highest BCUT2D eigenvalue weighted by molar-refractivity contribution is 7.20. The average Bonchev–Trinajstić information content (AvgIpc) is 3.13. The van der Waals surface area contributed by atoms with E-state index in [1.54, 1.807) is 11.5 Å². The van der Waals surface area contributed by atoms with Crippen molar-refractivity contribution in [1.29, 1.82) is 0 Å². The standard InChI is InChI=1S/C25H28N4O2S/c1-4-28(5-2)13-14-29-20(15-18-11-8-10-17-9-6-7-12-19(17)18)27-24-21(25(29)31)16(3)22(32-24)23(26)30/h6-12H,4-5,13-15H2,1-3H3,(H2,26,30). The molecule has 7 heteroatoms. The highest BCUT2D eigenvalue weighted by Gasteiger charge is 2.21. The van der Waals surface area contributed by atoms with E-state index in [0.29, 0.717) is 39.4 Å². The normalized spacial score (nSPS) is 11.6. The van der Waals surface area contributed by atoms with E-state index in [0.717, 1.165) is 36.0 Å². The number of likely N-dealkylation sites (N-methyl/N-ethyl adjacent to an activating group) is 1. The molecule has 32 heavy (non-hydrogen) atoms. The van der Waals surface area contributed by atoms with E-state index in [9.17, 15) is 9.59 Å². The first-order valence-corrected chi connectivity index (χ1v) is 11.8. The van der Waals surface area contributed by atoms with E-state index in [2.05, 4.69) is 43.0 Å². The second-order valence-corrected chi connectivity index (χ2v) is 8.93. The Morgan fingerprint density at radius 3 is 2.56 bits per heavy atom. The Kier molecular flexibility index (Phi) is 6.39. The van der Waals surface area contributed by atoms with Crippen LogP contribution in [0.4, 0.5) is 0 Å². The third-order valence-corrected chi connectivity index (χ3v) is 7.32. The number of benzene rings is 2. The van der Waals surface area contributed by atoms with Gasteiger partial charge in [0, 0.05) is 19.5 Å². The minimum absolute atomic E-state index is 0.0985. The molecule has 0 fully saturated rings. The molecule has 2 heterocycles. The molecular weight excluding hydrogens is 420 g/mol. The lowest BCUT2D eigenvalue weighted by molar-refractivity contribution is 0.100. The minimum atomic E-state index is -0.518. The number of carbonyl (C=O) groups excluding carboxylic acids is 1. The number of hydrogen-bond acceptors (Lipinski definition) is 5. The number of thiophene rings is 1. The molecule has 2 N–H and O–H groups in total. The molecule has 0 bridgehead atoms. The summed E-state index contributed by atoms with van der Waals surface area (Å²) in [6.07, 6.45) is 0.535. The molecule has 4 aromatic rings. The van der Waals surface area contributed by atoms with Crippen LogP contribution in [0.25, 0.3) is 21.0 Å². The van der Waals surface area contributed by atoms with Crippen molar-refractivity contribution in [2.45, 2.75) is 33.7 Å². The summed E-state index contributed by atoms with van der Waals surface area (Å²) in [5.41, 5.74) is 7.20. The van der Waals surface area contributed by atoms with Crippen LogP contribution in [0.15, 0.2) is 47.3 Å². The summed E-state index contributed by atoms with van der Waals surface area (Å²) in [5, 5.41) is 2.82. The van der Waals surface area contributed by atoms with Gasteiger partial charge in [-0.1, -0.05) is 56.3 Å². The van der Waals surface area contributed by atoms with Gasteiger partial charge < -0.3 is 10.6 Å². The molecule has 166 valence electrons. The fraction of sp³-hybridized carbons (Fsp3) is 0.320. The van der Waals surface area contributed by atoms with Crippen LogP contribution in [0.2, 0.25) is 0 Å². The van der Waals surface area contributed by atoms with Crippen molar-refractivity contribution in [2.75, 3.05) is 19.6 Å². The number of nitrogens with two attached hydrogens (primary N) is 1. The van der Waals surface area contributed by atoms with E-state index in [1.165, 1.54) is 11.3 Å².